The SMILES string of the molecule is Cc1ccc(S(=O)(=O)N2C([C]3[C-][CH][CH][CH]3)=N[C@H](c3ccccc3)[C@H]2c2ccccc2)cc1.Cc1ccc(S(=O)(=O)N2C([C]3[C-][CH][CH][CH]3)=N[C@H](c3ccccc3)[C@H]2c2ccccc2)cc1.Cc1ccc(S(=O)(=O)N2C([C]3[C-][CH][CH][CH]3)=N[C@H](c3ccccc3)[C@H]2c2ccccc2)cc1.Cc1ccc(S(=O)(=O)N2C([C]3[C-][CH][CH][CH]3)=N[C@H](c3ccccc3)[C@H]2c2ccccc2)cc1.[Cl][Pd+].[Cl][Pd+].[Cl][Pd+].[Cl][Pd+].[Fe+2].[Fe+2]. The molecular weight excluding hydrogens is 2340 g/mol. The van der Waals surface area contributed by atoms with Crippen LogP contribution in [0, 0.1) is 154 Å². The van der Waals surface area contributed by atoms with Gasteiger partial charge in [-0.15, -0.1) is 23.7 Å². The summed E-state index contributed by atoms with van der Waals surface area (Å²) in [5.41, 5.74) is 11.4. The summed E-state index contributed by atoms with van der Waals surface area (Å²) in [6, 6.07) is 103. The van der Waals surface area contributed by atoms with Crippen molar-refractivity contribution in [1.82, 2.24) is 17.2 Å². The standard InChI is InChI=1S/4C27H22N2O2S.4ClH.2Fe.4Pd/c4*1-20-16-18-24(19-17-20)32(30,31)29-26(22-12-6-3-7-13-22)25(21-10-4-2-5-11-21)28-27(29)23-14-8-9-15-23;;;;;;;;;;/h4*2-14,16-19,25-26H,1H3;4*1H;;;;;;/q4*-1;;;;;6*+2/p-4/t4*25-,26-;;;;;;;;;;/m1111........../s1. The van der Waals surface area contributed by atoms with Gasteiger partial charge in [-0.2, -0.15) is 0 Å². The third kappa shape index (κ3) is 26.1. The molecule has 712 valence electrons. The first-order valence-corrected chi connectivity index (χ1v) is 56.2. The predicted octanol–water partition coefficient (Wildman–Crippen LogP) is 23.4. The van der Waals surface area contributed by atoms with Crippen LogP contribution < -0.4 is 0 Å². The molecule has 4 fully saturated rings. The molecule has 0 unspecified atom stereocenters. The first-order valence-electron chi connectivity index (χ1n) is 42.4. The zero-order chi connectivity index (χ0) is 96.5. The summed E-state index contributed by atoms with van der Waals surface area (Å²) >= 11 is 8.89. The second kappa shape index (κ2) is 53.7. The summed E-state index contributed by atoms with van der Waals surface area (Å²) in [5, 5.41) is 0. The fourth-order valence-electron chi connectivity index (χ4n) is 16.6. The first-order chi connectivity index (χ1) is 66.2. The number of hydrogen-bond donors (Lipinski definition) is 0. The van der Waals surface area contributed by atoms with Crippen LogP contribution in [0.15, 0.2) is 379 Å². The zero-order valence-electron chi connectivity index (χ0n) is 73.8. The van der Waals surface area contributed by atoms with Crippen LogP contribution in [0.2, 0.25) is 0 Å². The Hall–Kier alpha value is -6.83. The minimum Gasteiger partial charge on any atom is 2.00 e. The zero-order valence-corrected chi connectivity index (χ0v) is 88.6. The van der Waals surface area contributed by atoms with Crippen LogP contribution >= 0.6 is 38.1 Å². The van der Waals surface area contributed by atoms with Crippen LogP contribution in [0.5, 0.6) is 0 Å². The Morgan fingerprint density at radius 1 is 0.225 bits per heavy atom. The Morgan fingerprint density at radius 3 is 0.507 bits per heavy atom. The van der Waals surface area contributed by atoms with Crippen LogP contribution in [0.4, 0.5) is 0 Å². The van der Waals surface area contributed by atoms with Gasteiger partial charge in [-0.05, 0) is 121 Å². The monoisotopic (exact) mass is 2430 g/mol. The van der Waals surface area contributed by atoms with Gasteiger partial charge in [0.05, 0.1) is 67.1 Å². The topological polar surface area (TPSA) is 199 Å². The maximum atomic E-state index is 14.0. The summed E-state index contributed by atoms with van der Waals surface area (Å²) in [6.45, 7) is 7.76. The van der Waals surface area contributed by atoms with E-state index >= 15 is 0 Å². The number of aryl methyl sites for hydroxylation is 4. The van der Waals surface area contributed by atoms with Crippen molar-refractivity contribution < 1.29 is 141 Å². The van der Waals surface area contributed by atoms with E-state index in [0.717, 1.165) is 66.8 Å². The van der Waals surface area contributed by atoms with Gasteiger partial charge < -0.3 is 25.7 Å². The molecule has 4 aliphatic carbocycles. The fraction of sp³-hybridized carbons (Fsp3) is 0.111. The summed E-state index contributed by atoms with van der Waals surface area (Å²) in [7, 11) is 2.41. The van der Waals surface area contributed by atoms with Gasteiger partial charge in [0.2, 0.25) is 0 Å². The van der Waals surface area contributed by atoms with Crippen molar-refractivity contribution >= 4 is 102 Å². The van der Waals surface area contributed by atoms with Crippen LogP contribution in [-0.4, -0.2) is 74.2 Å². The maximum absolute atomic E-state index is 14.0. The Kier molecular flexibility index (Phi) is 43.4. The van der Waals surface area contributed by atoms with Crippen molar-refractivity contribution in [3.05, 3.63) is 533 Å². The van der Waals surface area contributed by atoms with E-state index in [-0.39, 0.29) is 77.9 Å². The largest absolute Gasteiger partial charge is 2.00 e. The van der Waals surface area contributed by atoms with Crippen LogP contribution in [0.25, 0.3) is 0 Å². The van der Waals surface area contributed by atoms with Gasteiger partial charge >= 0.3 is 145 Å². The molecule has 12 aromatic rings. The number of nitrogens with zero attached hydrogens (tertiary/aromatic N) is 8. The predicted molar refractivity (Wildman–Crippen MR) is 525 cm³/mol. The molecule has 138 heavy (non-hydrogen) atoms. The smallest absolute Gasteiger partial charge is 2.00 e. The van der Waals surface area contributed by atoms with Gasteiger partial charge in [0.15, 0.2) is 0 Å². The van der Waals surface area contributed by atoms with E-state index in [0.29, 0.717) is 47.0 Å². The van der Waals surface area contributed by atoms with E-state index in [1.54, 1.807) is 74.2 Å². The molecule has 8 aliphatic rings. The number of rotatable bonds is 20. The molecular formula is C108H88Cl4Fe2N8O8Pd4S4+4. The van der Waals surface area contributed by atoms with Crippen molar-refractivity contribution in [3.63, 3.8) is 0 Å². The second-order valence-electron chi connectivity index (χ2n) is 31.4. The average Bonchev–Trinajstić information content (AvgIpc) is 1.59. The van der Waals surface area contributed by atoms with Gasteiger partial charge in [-0.1, -0.05) is 365 Å². The molecule has 0 spiro atoms. The molecule has 4 heterocycles. The Labute approximate surface area is 897 Å². The van der Waals surface area contributed by atoms with Crippen LogP contribution in [-0.2, 0) is 147 Å². The van der Waals surface area contributed by atoms with Crippen LogP contribution in [0.3, 0.4) is 0 Å². The minimum atomic E-state index is -3.89. The van der Waals surface area contributed by atoms with Crippen molar-refractivity contribution in [2.75, 3.05) is 0 Å². The van der Waals surface area contributed by atoms with E-state index in [9.17, 15) is 33.7 Å². The van der Waals surface area contributed by atoms with E-state index in [4.69, 9.17) is 20.0 Å². The van der Waals surface area contributed by atoms with Gasteiger partial charge in [-0.3, -0.25) is 20.0 Å². The number of aliphatic imine (C=N–C) groups is 4. The normalized spacial score (nSPS) is 20.3. The van der Waals surface area contributed by atoms with Crippen molar-refractivity contribution in [3.8, 4) is 0 Å². The van der Waals surface area contributed by atoms with E-state index in [1.807, 2.05) is 370 Å². The Bertz CT molecular complexity index is 5650. The Morgan fingerprint density at radius 2 is 0.370 bits per heavy atom. The van der Waals surface area contributed by atoms with Gasteiger partial charge in [0, 0.05) is 0 Å². The van der Waals surface area contributed by atoms with Crippen molar-refractivity contribution in [1.29, 1.82) is 0 Å². The van der Waals surface area contributed by atoms with E-state index in [2.05, 4.69) is 137 Å². The number of benzene rings is 12. The summed E-state index contributed by atoms with van der Waals surface area (Å²) in [5.74, 6) is 4.33. The van der Waals surface area contributed by atoms with Crippen LogP contribution in [0.1, 0.15) is 115 Å². The van der Waals surface area contributed by atoms with Crippen molar-refractivity contribution in [2.24, 2.45) is 20.0 Å². The van der Waals surface area contributed by atoms with Gasteiger partial charge in [0.1, 0.15) is 24.2 Å². The first kappa shape index (κ1) is 112. The summed E-state index contributed by atoms with van der Waals surface area (Å²) in [6.07, 6.45) is 34.5. The van der Waals surface area contributed by atoms with E-state index < -0.39 is 64.3 Å². The molecule has 20 radical (unpaired) electrons. The number of amidine groups is 4. The molecule has 20 rings (SSSR count). The maximum Gasteiger partial charge on any atom is 2.00 e. The fourth-order valence-corrected chi connectivity index (χ4v) is 23.0. The molecule has 0 amide bonds. The molecule has 0 saturated heterocycles. The number of hydrogen-bond acceptors (Lipinski definition) is 12. The minimum absolute atomic E-state index is 0. The number of sulfonamides is 4. The van der Waals surface area contributed by atoms with Gasteiger partial charge in [0.25, 0.3) is 40.1 Å². The molecule has 0 N–H and O–H groups in total. The second-order valence-corrected chi connectivity index (χ2v) is 38.7. The van der Waals surface area contributed by atoms with Gasteiger partial charge in [-0.25, -0.2) is 76.6 Å². The summed E-state index contributed by atoms with van der Waals surface area (Å²) in [4.78, 5) is 20.9. The quantitative estimate of drug-likeness (QED) is 0.0530. The molecule has 8 atom stereocenters. The number of halogens is 4. The molecule has 0 bridgehead atoms. The molecule has 0 aromatic heterocycles. The Balaban J connectivity index is 0.000000171. The van der Waals surface area contributed by atoms with E-state index in [1.165, 1.54) is 17.2 Å². The summed E-state index contributed by atoms with van der Waals surface area (Å²) < 4.78 is 118. The third-order valence-corrected chi connectivity index (χ3v) is 30.0. The molecule has 16 nitrogen and oxygen atoms in total. The molecule has 4 saturated carbocycles. The van der Waals surface area contributed by atoms with Crippen molar-refractivity contribution in [2.45, 2.75) is 95.6 Å². The third-order valence-electron chi connectivity index (χ3n) is 22.9. The molecule has 12 aromatic carbocycles. The molecule has 30 heteroatoms. The average molecular weight is 2430 g/mol. The molecule has 4 aliphatic heterocycles.